The quantitative estimate of drug-likeness (QED) is 0.669. The van der Waals surface area contributed by atoms with E-state index in [9.17, 15) is 10.1 Å². The third-order valence-corrected chi connectivity index (χ3v) is 4.57. The number of benzene rings is 1. The Kier molecular flexibility index (Phi) is 5.31. The van der Waals surface area contributed by atoms with Crippen LogP contribution in [-0.2, 0) is 0 Å². The molecule has 1 aliphatic rings. The van der Waals surface area contributed by atoms with Crippen LogP contribution in [0.2, 0.25) is 0 Å². The first-order valence-electron chi connectivity index (χ1n) is 7.80. The van der Waals surface area contributed by atoms with E-state index in [4.69, 9.17) is 0 Å². The molecule has 5 nitrogen and oxygen atoms in total. The molecule has 2 rings (SSSR count). The summed E-state index contributed by atoms with van der Waals surface area (Å²) >= 11 is 0. The van der Waals surface area contributed by atoms with Crippen LogP contribution in [0.5, 0.6) is 0 Å². The Hall–Kier alpha value is -1.46. The number of hydrogen-bond acceptors (Lipinski definition) is 4. The van der Waals surface area contributed by atoms with Gasteiger partial charge in [-0.05, 0) is 25.3 Å². The summed E-state index contributed by atoms with van der Waals surface area (Å²) in [6.07, 6.45) is 2.19. The van der Waals surface area contributed by atoms with Crippen LogP contribution in [0.1, 0.15) is 45.2 Å². The summed E-state index contributed by atoms with van der Waals surface area (Å²) in [5.74, 6) is 0. The van der Waals surface area contributed by atoms with Crippen LogP contribution in [0.3, 0.4) is 0 Å². The zero-order valence-electron chi connectivity index (χ0n) is 13.1. The molecule has 0 spiro atoms. The smallest absolute Gasteiger partial charge is 0.269 e. The SMILES string of the molecule is CCC1CN(C(C)c2cccc([N+](=O)[O-])c2)C(CC)CN1. The van der Waals surface area contributed by atoms with Gasteiger partial charge in [-0.15, -0.1) is 0 Å². The van der Waals surface area contributed by atoms with E-state index >= 15 is 0 Å². The van der Waals surface area contributed by atoms with Gasteiger partial charge in [0.05, 0.1) is 4.92 Å². The molecule has 116 valence electrons. The van der Waals surface area contributed by atoms with Crippen LogP contribution >= 0.6 is 0 Å². The van der Waals surface area contributed by atoms with Crippen molar-refractivity contribution in [1.29, 1.82) is 0 Å². The largest absolute Gasteiger partial charge is 0.311 e. The lowest BCUT2D eigenvalue weighted by Gasteiger charge is -2.43. The number of rotatable bonds is 5. The van der Waals surface area contributed by atoms with Crippen molar-refractivity contribution in [1.82, 2.24) is 10.2 Å². The summed E-state index contributed by atoms with van der Waals surface area (Å²) in [6.45, 7) is 8.54. The van der Waals surface area contributed by atoms with Crippen molar-refractivity contribution >= 4 is 5.69 Å². The van der Waals surface area contributed by atoms with Crippen molar-refractivity contribution in [2.75, 3.05) is 13.1 Å². The minimum absolute atomic E-state index is 0.176. The number of hydrogen-bond donors (Lipinski definition) is 1. The molecule has 3 unspecified atom stereocenters. The normalized spacial score (nSPS) is 24.7. The van der Waals surface area contributed by atoms with E-state index in [0.29, 0.717) is 12.1 Å². The highest BCUT2D eigenvalue weighted by Crippen LogP contribution is 2.28. The van der Waals surface area contributed by atoms with Crippen molar-refractivity contribution in [2.45, 2.75) is 51.7 Å². The van der Waals surface area contributed by atoms with E-state index in [-0.39, 0.29) is 16.7 Å². The highest BCUT2D eigenvalue weighted by molar-refractivity contribution is 5.35. The lowest BCUT2D eigenvalue weighted by molar-refractivity contribution is -0.385. The molecular formula is C16H25N3O2. The van der Waals surface area contributed by atoms with E-state index in [1.165, 1.54) is 0 Å². The number of nitrogens with zero attached hydrogens (tertiary/aromatic N) is 2. The van der Waals surface area contributed by atoms with Crippen LogP contribution in [0.15, 0.2) is 24.3 Å². The van der Waals surface area contributed by atoms with Gasteiger partial charge in [-0.2, -0.15) is 0 Å². The van der Waals surface area contributed by atoms with Gasteiger partial charge in [-0.1, -0.05) is 26.0 Å². The molecule has 3 atom stereocenters. The van der Waals surface area contributed by atoms with Crippen molar-refractivity contribution < 1.29 is 4.92 Å². The van der Waals surface area contributed by atoms with Gasteiger partial charge in [0.1, 0.15) is 0 Å². The second kappa shape index (κ2) is 7.00. The van der Waals surface area contributed by atoms with Crippen LogP contribution in [-0.4, -0.2) is 35.0 Å². The molecule has 1 N–H and O–H groups in total. The fourth-order valence-corrected chi connectivity index (χ4v) is 3.10. The van der Waals surface area contributed by atoms with E-state index in [1.807, 2.05) is 6.07 Å². The Balaban J connectivity index is 2.21. The zero-order chi connectivity index (χ0) is 15.4. The molecule has 1 saturated heterocycles. The summed E-state index contributed by atoms with van der Waals surface area (Å²) in [6, 6.07) is 8.24. The second-order valence-electron chi connectivity index (χ2n) is 5.80. The van der Waals surface area contributed by atoms with Crippen molar-refractivity contribution in [3.05, 3.63) is 39.9 Å². The summed E-state index contributed by atoms with van der Waals surface area (Å²) < 4.78 is 0. The molecule has 21 heavy (non-hydrogen) atoms. The summed E-state index contributed by atoms with van der Waals surface area (Å²) in [5.41, 5.74) is 1.20. The van der Waals surface area contributed by atoms with Crippen LogP contribution in [0.4, 0.5) is 5.69 Å². The maximum Gasteiger partial charge on any atom is 0.269 e. The Morgan fingerprint density at radius 2 is 2.19 bits per heavy atom. The molecule has 1 aliphatic heterocycles. The fraction of sp³-hybridized carbons (Fsp3) is 0.625. The van der Waals surface area contributed by atoms with Gasteiger partial charge in [-0.25, -0.2) is 0 Å². The fourth-order valence-electron chi connectivity index (χ4n) is 3.10. The molecule has 5 heteroatoms. The second-order valence-corrected chi connectivity index (χ2v) is 5.80. The van der Waals surface area contributed by atoms with Gasteiger partial charge >= 0.3 is 0 Å². The van der Waals surface area contributed by atoms with Crippen LogP contribution in [0.25, 0.3) is 0 Å². The molecule has 1 aromatic carbocycles. The molecular weight excluding hydrogens is 266 g/mol. The number of nitrogens with one attached hydrogen (secondary N) is 1. The van der Waals surface area contributed by atoms with E-state index < -0.39 is 0 Å². The minimum Gasteiger partial charge on any atom is -0.311 e. The molecule has 0 bridgehead atoms. The molecule has 1 heterocycles. The lowest BCUT2D eigenvalue weighted by atomic mass is 9.98. The van der Waals surface area contributed by atoms with E-state index in [2.05, 4.69) is 31.0 Å². The number of piperazine rings is 1. The molecule has 0 amide bonds. The monoisotopic (exact) mass is 291 g/mol. The standard InChI is InChI=1S/C16H25N3O2/c1-4-14-11-18(15(5-2)10-17-14)12(3)13-7-6-8-16(9-13)19(20)21/h6-9,12,14-15,17H,4-5,10-11H2,1-3H3. The predicted molar refractivity (Wildman–Crippen MR) is 84.4 cm³/mol. The van der Waals surface area contributed by atoms with Gasteiger partial charge in [0.15, 0.2) is 0 Å². The van der Waals surface area contributed by atoms with Crippen molar-refractivity contribution in [3.8, 4) is 0 Å². The molecule has 0 saturated carbocycles. The number of non-ortho nitro benzene ring substituents is 1. The summed E-state index contributed by atoms with van der Waals surface area (Å²) in [4.78, 5) is 13.1. The highest BCUT2D eigenvalue weighted by Gasteiger charge is 2.30. The Morgan fingerprint density at radius 3 is 2.81 bits per heavy atom. The summed E-state index contributed by atoms with van der Waals surface area (Å²) in [5, 5.41) is 14.5. The maximum atomic E-state index is 11.0. The van der Waals surface area contributed by atoms with Gasteiger partial charge in [0.25, 0.3) is 5.69 Å². The third-order valence-electron chi connectivity index (χ3n) is 4.57. The van der Waals surface area contributed by atoms with Gasteiger partial charge < -0.3 is 5.32 Å². The highest BCUT2D eigenvalue weighted by atomic mass is 16.6. The molecule has 0 aromatic heterocycles. The van der Waals surface area contributed by atoms with Crippen LogP contribution < -0.4 is 5.32 Å². The Morgan fingerprint density at radius 1 is 1.43 bits per heavy atom. The van der Waals surface area contributed by atoms with Gasteiger partial charge in [0, 0.05) is 43.3 Å². The number of nitro benzene ring substituents is 1. The number of nitro groups is 1. The molecule has 1 fully saturated rings. The maximum absolute atomic E-state index is 11.0. The molecule has 1 aromatic rings. The van der Waals surface area contributed by atoms with Crippen molar-refractivity contribution in [2.24, 2.45) is 0 Å². The first-order valence-corrected chi connectivity index (χ1v) is 7.80. The topological polar surface area (TPSA) is 58.4 Å². The van der Waals surface area contributed by atoms with Gasteiger partial charge in [-0.3, -0.25) is 15.0 Å². The predicted octanol–water partition coefficient (Wildman–Crippen LogP) is 3.12. The average molecular weight is 291 g/mol. The first-order chi connectivity index (χ1) is 10.1. The molecule has 0 aliphatic carbocycles. The molecule has 0 radical (unpaired) electrons. The Bertz CT molecular complexity index is 492. The van der Waals surface area contributed by atoms with E-state index in [0.717, 1.165) is 31.5 Å². The zero-order valence-corrected chi connectivity index (χ0v) is 13.1. The lowest BCUT2D eigenvalue weighted by Crippen LogP contribution is -2.56. The summed E-state index contributed by atoms with van der Waals surface area (Å²) in [7, 11) is 0. The minimum atomic E-state index is -0.319. The van der Waals surface area contributed by atoms with E-state index in [1.54, 1.807) is 18.2 Å². The van der Waals surface area contributed by atoms with Crippen molar-refractivity contribution in [3.63, 3.8) is 0 Å². The first kappa shape index (κ1) is 15.9. The Labute approximate surface area is 126 Å². The van der Waals surface area contributed by atoms with Gasteiger partial charge in [0.2, 0.25) is 0 Å². The average Bonchev–Trinajstić information content (AvgIpc) is 2.53. The third kappa shape index (κ3) is 3.60. The van der Waals surface area contributed by atoms with Crippen LogP contribution in [0, 0.1) is 10.1 Å².